The summed E-state index contributed by atoms with van der Waals surface area (Å²) in [6.45, 7) is 6.30. The van der Waals surface area contributed by atoms with Gasteiger partial charge >= 0.3 is 0 Å². The average Bonchev–Trinajstić information content (AvgIpc) is 3.55. The Kier molecular flexibility index (Phi) is 10.2. The van der Waals surface area contributed by atoms with Crippen molar-refractivity contribution in [3.05, 3.63) is 39.9 Å². The highest BCUT2D eigenvalue weighted by Gasteiger charge is 2.37. The molecule has 4 amide bonds. The number of carbonyl (C=O) groups excluding carboxylic acids is 4. The van der Waals surface area contributed by atoms with Gasteiger partial charge in [0.1, 0.15) is 6.04 Å². The Morgan fingerprint density at radius 1 is 1.13 bits per heavy atom. The smallest absolute Gasteiger partial charge is 0.251 e. The Bertz CT molecular complexity index is 1080. The first kappa shape index (κ1) is 29.9. The van der Waals surface area contributed by atoms with Crippen molar-refractivity contribution in [2.45, 2.75) is 77.1 Å². The maximum atomic E-state index is 13.4. The number of benzene rings is 1. The zero-order valence-electron chi connectivity index (χ0n) is 21.9. The number of rotatable bonds is 11. The minimum absolute atomic E-state index is 0.0251. The molecule has 1 saturated heterocycles. The largest absolute Gasteiger partial charge is 0.381 e. The second-order valence-corrected chi connectivity index (χ2v) is 12.0. The maximum Gasteiger partial charge on any atom is 0.251 e. The summed E-state index contributed by atoms with van der Waals surface area (Å²) in [5, 5.41) is 22.6. The fourth-order valence-corrected chi connectivity index (χ4v) is 4.74. The van der Waals surface area contributed by atoms with Crippen LogP contribution in [-0.4, -0.2) is 59.5 Å². The summed E-state index contributed by atoms with van der Waals surface area (Å²) in [6, 6.07) is 2.95. The zero-order chi connectivity index (χ0) is 28.0. The van der Waals surface area contributed by atoms with Gasteiger partial charge in [-0.25, -0.2) is 0 Å². The number of nitrogens with one attached hydrogen (secondary N) is 4. The number of aliphatic hydroxyl groups excluding tert-OH is 1. The lowest BCUT2D eigenvalue weighted by Crippen LogP contribution is -2.56. The molecule has 1 aliphatic carbocycles. The van der Waals surface area contributed by atoms with Gasteiger partial charge in [0.15, 0.2) is 6.10 Å². The van der Waals surface area contributed by atoms with Crippen molar-refractivity contribution >= 4 is 52.9 Å². The molecule has 9 nitrogen and oxygen atoms in total. The van der Waals surface area contributed by atoms with Gasteiger partial charge in [-0.1, -0.05) is 50.0 Å². The van der Waals surface area contributed by atoms with E-state index >= 15 is 0 Å². The highest BCUT2D eigenvalue weighted by Crippen LogP contribution is 2.24. The SMILES string of the molecule is CC(C)(C)C[C@H](NC(=O)/C=C/c1ccc(Cl)cc1Cl)C(=O)NC(C[C@@H]1CCNC1=O)C(O)C(=O)NC1CC1. The molecule has 11 heteroatoms. The molecule has 0 radical (unpaired) electrons. The third-order valence-electron chi connectivity index (χ3n) is 6.43. The van der Waals surface area contributed by atoms with Crippen molar-refractivity contribution in [2.24, 2.45) is 11.3 Å². The molecule has 2 fully saturated rings. The van der Waals surface area contributed by atoms with Crippen LogP contribution in [0, 0.1) is 11.3 Å². The summed E-state index contributed by atoms with van der Waals surface area (Å²) < 4.78 is 0. The standard InChI is InChI=1S/C27H36Cl2N4O5/c1-27(2,3)14-21(32-22(34)9-5-15-4-6-17(28)13-19(15)29)25(37)33-20(12-16-10-11-30-24(16)36)23(35)26(38)31-18-7-8-18/h4-6,9,13,16,18,20-21,23,35H,7-8,10-12,14H2,1-3H3,(H,30,36)(H,31,38)(H,32,34)(H,33,37)/b9-5+/t16-,20?,21-,23?/m0/s1. The minimum Gasteiger partial charge on any atom is -0.381 e. The Morgan fingerprint density at radius 2 is 1.84 bits per heavy atom. The summed E-state index contributed by atoms with van der Waals surface area (Å²) in [5.41, 5.74) is 0.254. The van der Waals surface area contributed by atoms with E-state index in [4.69, 9.17) is 23.2 Å². The molecule has 208 valence electrons. The van der Waals surface area contributed by atoms with Gasteiger partial charge in [-0.3, -0.25) is 19.2 Å². The van der Waals surface area contributed by atoms with Crippen LogP contribution in [0.2, 0.25) is 10.0 Å². The molecule has 1 aromatic carbocycles. The van der Waals surface area contributed by atoms with Crippen molar-refractivity contribution in [2.75, 3.05) is 6.54 Å². The highest BCUT2D eigenvalue weighted by atomic mass is 35.5. The fraction of sp³-hybridized carbons (Fsp3) is 0.556. The van der Waals surface area contributed by atoms with Gasteiger partial charge in [-0.15, -0.1) is 0 Å². The normalized spacial score (nSPS) is 19.9. The van der Waals surface area contributed by atoms with Crippen molar-refractivity contribution in [3.8, 4) is 0 Å². The molecule has 1 heterocycles. The number of halogens is 2. The van der Waals surface area contributed by atoms with Gasteiger partial charge in [0.05, 0.1) is 6.04 Å². The van der Waals surface area contributed by atoms with E-state index in [1.54, 1.807) is 18.2 Å². The molecular formula is C27H36Cl2N4O5. The quantitative estimate of drug-likeness (QED) is 0.262. The summed E-state index contributed by atoms with van der Waals surface area (Å²) in [7, 11) is 0. The first-order valence-corrected chi connectivity index (χ1v) is 13.6. The second kappa shape index (κ2) is 13.0. The van der Waals surface area contributed by atoms with Crippen LogP contribution >= 0.6 is 23.2 Å². The molecule has 0 spiro atoms. The second-order valence-electron chi connectivity index (χ2n) is 11.2. The fourth-order valence-electron chi connectivity index (χ4n) is 4.27. The van der Waals surface area contributed by atoms with E-state index < -0.39 is 41.8 Å². The Hall–Kier alpha value is -2.62. The van der Waals surface area contributed by atoms with Crippen LogP contribution in [0.15, 0.2) is 24.3 Å². The van der Waals surface area contributed by atoms with Crippen LogP contribution in [0.25, 0.3) is 6.08 Å². The topological polar surface area (TPSA) is 137 Å². The van der Waals surface area contributed by atoms with E-state index in [-0.39, 0.29) is 23.8 Å². The molecule has 5 N–H and O–H groups in total. The van der Waals surface area contributed by atoms with E-state index in [0.717, 1.165) is 12.8 Å². The molecule has 1 saturated carbocycles. The summed E-state index contributed by atoms with van der Waals surface area (Å²) in [6.07, 6.45) is 3.88. The molecular weight excluding hydrogens is 531 g/mol. The van der Waals surface area contributed by atoms with Crippen LogP contribution in [0.1, 0.15) is 58.4 Å². The molecule has 2 aliphatic rings. The van der Waals surface area contributed by atoms with E-state index in [0.29, 0.717) is 35.0 Å². The first-order chi connectivity index (χ1) is 17.8. The highest BCUT2D eigenvalue weighted by molar-refractivity contribution is 6.35. The van der Waals surface area contributed by atoms with Crippen molar-refractivity contribution in [1.82, 2.24) is 21.3 Å². The third-order valence-corrected chi connectivity index (χ3v) is 6.99. The molecule has 1 aromatic rings. The maximum absolute atomic E-state index is 13.4. The lowest BCUT2D eigenvalue weighted by atomic mass is 9.87. The van der Waals surface area contributed by atoms with Crippen molar-refractivity contribution in [1.29, 1.82) is 0 Å². The summed E-state index contributed by atoms with van der Waals surface area (Å²) in [4.78, 5) is 51.0. The number of amides is 4. The van der Waals surface area contributed by atoms with Gasteiger partial charge in [0, 0.05) is 34.6 Å². The third kappa shape index (κ3) is 9.29. The minimum atomic E-state index is -1.54. The average molecular weight is 568 g/mol. The zero-order valence-corrected chi connectivity index (χ0v) is 23.4. The molecule has 3 rings (SSSR count). The Morgan fingerprint density at radius 3 is 2.42 bits per heavy atom. The summed E-state index contributed by atoms with van der Waals surface area (Å²) in [5.74, 6) is -2.27. The number of hydrogen-bond donors (Lipinski definition) is 5. The Labute approximate surface area is 233 Å². The predicted molar refractivity (Wildman–Crippen MR) is 146 cm³/mol. The van der Waals surface area contributed by atoms with E-state index in [9.17, 15) is 24.3 Å². The number of hydrogen-bond acceptors (Lipinski definition) is 5. The van der Waals surface area contributed by atoms with Gasteiger partial charge in [-0.05, 0) is 61.3 Å². The molecule has 2 unspecified atom stereocenters. The van der Waals surface area contributed by atoms with Gasteiger partial charge in [-0.2, -0.15) is 0 Å². The van der Waals surface area contributed by atoms with Crippen LogP contribution in [0.3, 0.4) is 0 Å². The first-order valence-electron chi connectivity index (χ1n) is 12.8. The van der Waals surface area contributed by atoms with E-state index in [2.05, 4.69) is 21.3 Å². The van der Waals surface area contributed by atoms with Crippen LogP contribution < -0.4 is 21.3 Å². The summed E-state index contributed by atoms with van der Waals surface area (Å²) >= 11 is 12.1. The molecule has 4 atom stereocenters. The van der Waals surface area contributed by atoms with E-state index in [1.807, 2.05) is 20.8 Å². The molecule has 0 aromatic heterocycles. The van der Waals surface area contributed by atoms with E-state index in [1.165, 1.54) is 12.2 Å². The van der Waals surface area contributed by atoms with Gasteiger partial charge in [0.2, 0.25) is 17.7 Å². The van der Waals surface area contributed by atoms with Crippen LogP contribution in [0.5, 0.6) is 0 Å². The van der Waals surface area contributed by atoms with Gasteiger partial charge < -0.3 is 26.4 Å². The van der Waals surface area contributed by atoms with Gasteiger partial charge in [0.25, 0.3) is 5.91 Å². The van der Waals surface area contributed by atoms with Crippen LogP contribution in [0.4, 0.5) is 0 Å². The molecule has 1 aliphatic heterocycles. The Balaban J connectivity index is 1.73. The predicted octanol–water partition coefficient (Wildman–Crippen LogP) is 2.58. The molecule has 38 heavy (non-hydrogen) atoms. The van der Waals surface area contributed by atoms with Crippen molar-refractivity contribution < 1.29 is 24.3 Å². The molecule has 0 bridgehead atoms. The van der Waals surface area contributed by atoms with Crippen LogP contribution in [-0.2, 0) is 19.2 Å². The number of carbonyl (C=O) groups is 4. The number of aliphatic hydroxyl groups is 1. The lowest BCUT2D eigenvalue weighted by molar-refractivity contribution is -0.135. The van der Waals surface area contributed by atoms with Crippen molar-refractivity contribution in [3.63, 3.8) is 0 Å². The monoisotopic (exact) mass is 566 g/mol. The lowest BCUT2D eigenvalue weighted by Gasteiger charge is -2.30.